The predicted octanol–water partition coefficient (Wildman–Crippen LogP) is 7.41. The van der Waals surface area contributed by atoms with E-state index in [1.807, 2.05) is 18.8 Å². The Morgan fingerprint density at radius 1 is 0.679 bits per heavy atom. The number of hydrogen-bond donors (Lipinski definition) is 0. The fraction of sp³-hybridized carbons (Fsp3) is 0.167. The third kappa shape index (κ3) is 2.55. The highest BCUT2D eigenvalue weighted by Gasteiger charge is 2.16. The summed E-state index contributed by atoms with van der Waals surface area (Å²) in [6, 6.07) is 21.5. The van der Waals surface area contributed by atoms with Crippen LogP contribution in [0.15, 0.2) is 69.1 Å². The molecule has 0 spiro atoms. The molecule has 0 aliphatic heterocycles. The van der Waals surface area contributed by atoms with E-state index in [9.17, 15) is 0 Å². The average molecular weight is 387 g/mol. The second-order valence-corrected chi connectivity index (χ2v) is 9.15. The molecule has 3 nitrogen and oxygen atoms in total. The third-order valence-electron chi connectivity index (χ3n) is 5.29. The van der Waals surface area contributed by atoms with Gasteiger partial charge in [0.25, 0.3) is 0 Å². The van der Waals surface area contributed by atoms with Crippen LogP contribution < -0.4 is 4.67 Å². The van der Waals surface area contributed by atoms with E-state index in [1.165, 1.54) is 21.5 Å². The van der Waals surface area contributed by atoms with Crippen LogP contribution in [0.25, 0.3) is 43.5 Å². The molecule has 0 amide bonds. The van der Waals surface area contributed by atoms with Gasteiger partial charge in [-0.1, -0.05) is 48.5 Å². The van der Waals surface area contributed by atoms with Crippen LogP contribution in [0.1, 0.15) is 11.1 Å². The number of benzene rings is 4. The number of rotatable bonds is 1. The van der Waals surface area contributed by atoms with Gasteiger partial charge in [-0.2, -0.15) is 0 Å². The maximum atomic E-state index is 6.51. The van der Waals surface area contributed by atoms with Crippen molar-refractivity contribution in [1.82, 2.24) is 0 Å². The lowest BCUT2D eigenvalue weighted by Crippen LogP contribution is -2.02. The minimum Gasteiger partial charge on any atom is -0.408 e. The summed E-state index contributed by atoms with van der Waals surface area (Å²) in [6.45, 7) is 4.24. The van der Waals surface area contributed by atoms with Crippen molar-refractivity contribution in [2.75, 3.05) is 18.8 Å². The second-order valence-electron chi connectivity index (χ2n) is 7.51. The van der Waals surface area contributed by atoms with Gasteiger partial charge in [-0.15, -0.1) is 0 Å². The van der Waals surface area contributed by atoms with Crippen molar-refractivity contribution < 1.29 is 8.39 Å². The van der Waals surface area contributed by atoms with E-state index in [1.54, 1.807) is 0 Å². The number of nitrogens with zero attached hydrogens (tertiary/aromatic N) is 1. The normalized spacial score (nSPS) is 11.9. The largest absolute Gasteiger partial charge is 0.408 e. The lowest BCUT2D eigenvalue weighted by Gasteiger charge is -2.08. The first-order valence-corrected chi connectivity index (χ1v) is 10.6. The molecule has 140 valence electrons. The number of aryl methyl sites for hydroxylation is 2. The quantitative estimate of drug-likeness (QED) is 0.300. The highest BCUT2D eigenvalue weighted by atomic mass is 31.1. The Kier molecular flexibility index (Phi) is 3.97. The molecular weight excluding hydrogens is 365 g/mol. The van der Waals surface area contributed by atoms with E-state index >= 15 is 0 Å². The van der Waals surface area contributed by atoms with Gasteiger partial charge in [0.05, 0.1) is 0 Å². The predicted molar refractivity (Wildman–Crippen MR) is 121 cm³/mol. The van der Waals surface area contributed by atoms with Crippen molar-refractivity contribution in [3.8, 4) is 0 Å². The first-order valence-electron chi connectivity index (χ1n) is 9.43. The minimum atomic E-state index is -1.24. The van der Waals surface area contributed by atoms with Crippen LogP contribution >= 0.6 is 8.16 Å². The highest BCUT2D eigenvalue weighted by molar-refractivity contribution is 7.38. The molecule has 0 fully saturated rings. The summed E-state index contributed by atoms with van der Waals surface area (Å²) < 4.78 is 15.0. The van der Waals surface area contributed by atoms with E-state index in [0.717, 1.165) is 33.1 Å². The van der Waals surface area contributed by atoms with Crippen LogP contribution in [0.5, 0.6) is 0 Å². The fourth-order valence-corrected chi connectivity index (χ4v) is 5.15. The molecule has 0 aliphatic carbocycles. The van der Waals surface area contributed by atoms with Crippen LogP contribution in [-0.2, 0) is 0 Å². The van der Waals surface area contributed by atoms with E-state index in [-0.39, 0.29) is 0 Å². The zero-order chi connectivity index (χ0) is 19.4. The molecule has 1 aromatic heterocycles. The Balaban J connectivity index is 2.24. The van der Waals surface area contributed by atoms with E-state index in [2.05, 4.69) is 74.5 Å². The van der Waals surface area contributed by atoms with Crippen LogP contribution in [0.3, 0.4) is 0 Å². The fourth-order valence-electron chi connectivity index (χ4n) is 4.01. The molecule has 1 heterocycles. The van der Waals surface area contributed by atoms with Gasteiger partial charge in [0, 0.05) is 24.9 Å². The van der Waals surface area contributed by atoms with Gasteiger partial charge in [0.1, 0.15) is 11.2 Å². The van der Waals surface area contributed by atoms with Gasteiger partial charge >= 0.3 is 8.16 Å². The van der Waals surface area contributed by atoms with Gasteiger partial charge < -0.3 is 8.39 Å². The van der Waals surface area contributed by atoms with Gasteiger partial charge in [-0.05, 0) is 58.7 Å². The Bertz CT molecular complexity index is 1310. The molecule has 5 aromatic rings. The van der Waals surface area contributed by atoms with E-state index in [0.29, 0.717) is 0 Å². The maximum Gasteiger partial charge on any atom is 0.309 e. The summed E-state index contributed by atoms with van der Waals surface area (Å²) >= 11 is 0. The molecule has 28 heavy (non-hydrogen) atoms. The molecule has 5 rings (SSSR count). The maximum absolute atomic E-state index is 6.51. The van der Waals surface area contributed by atoms with E-state index in [4.69, 9.17) is 8.39 Å². The summed E-state index contributed by atoms with van der Waals surface area (Å²) in [4.78, 5) is 0. The van der Waals surface area contributed by atoms with Crippen molar-refractivity contribution in [1.29, 1.82) is 0 Å². The molecule has 0 radical (unpaired) electrons. The van der Waals surface area contributed by atoms with Crippen molar-refractivity contribution >= 4 is 51.6 Å². The van der Waals surface area contributed by atoms with Crippen LogP contribution in [0.2, 0.25) is 0 Å². The first-order chi connectivity index (χ1) is 13.5. The van der Waals surface area contributed by atoms with Gasteiger partial charge in [-0.3, -0.25) is 0 Å². The molecule has 0 atom stereocenters. The molecular formula is C24H22NO2P. The van der Waals surface area contributed by atoms with Crippen molar-refractivity contribution in [3.05, 3.63) is 71.8 Å². The number of fused-ring (bicyclic) bond motifs is 7. The van der Waals surface area contributed by atoms with Crippen LogP contribution in [-0.4, -0.2) is 14.1 Å². The van der Waals surface area contributed by atoms with Gasteiger partial charge in [-0.25, -0.2) is 4.67 Å². The Morgan fingerprint density at radius 2 is 1.11 bits per heavy atom. The van der Waals surface area contributed by atoms with Crippen molar-refractivity contribution in [2.45, 2.75) is 13.8 Å². The van der Waals surface area contributed by atoms with Crippen LogP contribution in [0.4, 0.5) is 0 Å². The summed E-state index contributed by atoms with van der Waals surface area (Å²) in [6.07, 6.45) is 0. The SMILES string of the molecule is Cc1cc2ccccc2c2c1op(N(C)C)oc1c(C)cc3ccccc3c12. The smallest absolute Gasteiger partial charge is 0.309 e. The molecule has 0 unspecified atom stereocenters. The van der Waals surface area contributed by atoms with E-state index < -0.39 is 8.16 Å². The topological polar surface area (TPSA) is 29.5 Å². The lowest BCUT2D eigenvalue weighted by molar-refractivity contribution is 0.632. The third-order valence-corrected chi connectivity index (χ3v) is 6.62. The lowest BCUT2D eigenvalue weighted by atomic mass is 9.95. The summed E-state index contributed by atoms with van der Waals surface area (Å²) in [5, 5.41) is 7.10. The zero-order valence-electron chi connectivity index (χ0n) is 16.5. The molecule has 0 saturated carbocycles. The molecule has 4 heteroatoms. The van der Waals surface area contributed by atoms with Crippen LogP contribution in [0, 0.1) is 13.8 Å². The molecule has 0 aliphatic rings. The molecule has 4 aromatic carbocycles. The Labute approximate surface area is 164 Å². The van der Waals surface area contributed by atoms with Gasteiger partial charge in [0.2, 0.25) is 0 Å². The number of hydrogen-bond acceptors (Lipinski definition) is 3. The van der Waals surface area contributed by atoms with Gasteiger partial charge in [0.15, 0.2) is 0 Å². The zero-order valence-corrected chi connectivity index (χ0v) is 17.4. The second kappa shape index (κ2) is 6.41. The summed E-state index contributed by atoms with van der Waals surface area (Å²) in [5.74, 6) is 0. The highest BCUT2D eigenvalue weighted by Crippen LogP contribution is 2.43. The molecule has 0 saturated heterocycles. The Morgan fingerprint density at radius 3 is 1.54 bits per heavy atom. The summed E-state index contributed by atoms with van der Waals surface area (Å²) in [5.41, 5.74) is 4.11. The minimum absolute atomic E-state index is 0.924. The monoisotopic (exact) mass is 387 g/mol. The first kappa shape index (κ1) is 17.4. The van der Waals surface area contributed by atoms with Crippen molar-refractivity contribution in [3.63, 3.8) is 0 Å². The molecule has 0 N–H and O–H groups in total. The average Bonchev–Trinajstić information content (AvgIpc) is 2.87. The Hall–Kier alpha value is -2.74. The summed E-state index contributed by atoms with van der Waals surface area (Å²) in [7, 11) is 2.77. The van der Waals surface area contributed by atoms with Crippen molar-refractivity contribution in [2.24, 2.45) is 0 Å². The standard InChI is InChI=1S/C24H22NO2P/c1-15-13-17-9-5-7-11-19(17)21-22-20-12-8-6-10-18(20)14-16(2)24(22)27-28(25(3)4)26-23(15)21/h5-14H,1-4H3. The molecule has 0 bridgehead atoms.